The van der Waals surface area contributed by atoms with Gasteiger partial charge < -0.3 is 9.88 Å². The van der Waals surface area contributed by atoms with E-state index in [1.165, 1.54) is 26.1 Å². The van der Waals surface area contributed by atoms with Crippen LogP contribution in [0.3, 0.4) is 0 Å². The largest absolute Gasteiger partial charge is 0.416 e. The molecule has 1 aromatic carbocycles. The molecule has 9 heteroatoms. The van der Waals surface area contributed by atoms with E-state index in [-0.39, 0.29) is 22.0 Å². The zero-order chi connectivity index (χ0) is 22.7. The predicted octanol–water partition coefficient (Wildman–Crippen LogP) is 4.10. The van der Waals surface area contributed by atoms with Gasteiger partial charge in [0.2, 0.25) is 0 Å². The van der Waals surface area contributed by atoms with Gasteiger partial charge in [-0.3, -0.25) is 9.59 Å². The van der Waals surface area contributed by atoms with Crippen LogP contribution in [0.15, 0.2) is 40.1 Å². The molecule has 0 saturated heterocycles. The summed E-state index contributed by atoms with van der Waals surface area (Å²) in [4.78, 5) is 25.2. The fourth-order valence-electron chi connectivity index (χ4n) is 3.99. The molecule has 0 radical (unpaired) electrons. The van der Waals surface area contributed by atoms with Crippen molar-refractivity contribution in [3.8, 4) is 0 Å². The third-order valence-electron chi connectivity index (χ3n) is 6.14. The lowest BCUT2D eigenvalue weighted by molar-refractivity contribution is -0.138. The van der Waals surface area contributed by atoms with Crippen LogP contribution in [0.25, 0.3) is 10.8 Å². The maximum absolute atomic E-state index is 13.3. The Hall–Kier alpha value is -3.10. The Morgan fingerprint density at radius 2 is 1.87 bits per heavy atom. The second-order valence-electron chi connectivity index (χ2n) is 8.47. The Balaban J connectivity index is 1.83. The van der Waals surface area contributed by atoms with Crippen molar-refractivity contribution < 1.29 is 13.2 Å². The van der Waals surface area contributed by atoms with Crippen LogP contribution in [-0.4, -0.2) is 14.3 Å². The first kappa shape index (κ1) is 21.1. The highest BCUT2D eigenvalue weighted by Gasteiger charge is 2.40. The van der Waals surface area contributed by atoms with E-state index < -0.39 is 23.3 Å². The van der Waals surface area contributed by atoms with Gasteiger partial charge in [-0.25, -0.2) is 4.68 Å². The molecule has 4 rings (SSSR count). The lowest BCUT2D eigenvalue weighted by atomic mass is 9.97. The molecular weight excluding hydrogens is 409 g/mol. The summed E-state index contributed by atoms with van der Waals surface area (Å²) in [5.74, 6) is 0.333. The van der Waals surface area contributed by atoms with Gasteiger partial charge in [0.15, 0.2) is 5.82 Å². The highest BCUT2D eigenvalue weighted by atomic mass is 19.4. The van der Waals surface area contributed by atoms with E-state index in [1.807, 2.05) is 6.92 Å². The number of aryl methyl sites for hydroxylation is 1. The second kappa shape index (κ2) is 6.96. The van der Waals surface area contributed by atoms with Crippen LogP contribution < -0.4 is 16.4 Å². The van der Waals surface area contributed by atoms with E-state index in [0.29, 0.717) is 16.8 Å². The summed E-state index contributed by atoms with van der Waals surface area (Å²) >= 11 is 0. The van der Waals surface area contributed by atoms with Crippen molar-refractivity contribution in [2.75, 3.05) is 5.32 Å². The van der Waals surface area contributed by atoms with Crippen LogP contribution in [0.4, 0.5) is 19.0 Å². The van der Waals surface area contributed by atoms with Gasteiger partial charge in [-0.15, -0.1) is 0 Å². The Labute approximate surface area is 176 Å². The molecule has 1 aliphatic carbocycles. The van der Waals surface area contributed by atoms with Gasteiger partial charge in [0.25, 0.3) is 11.1 Å². The fraction of sp³-hybridized carbons (Fsp3) is 0.409. The van der Waals surface area contributed by atoms with Crippen molar-refractivity contribution >= 4 is 16.6 Å². The minimum atomic E-state index is -4.45. The first-order chi connectivity index (χ1) is 14.4. The van der Waals surface area contributed by atoms with Crippen molar-refractivity contribution in [3.05, 3.63) is 67.9 Å². The molecule has 2 heterocycles. The summed E-state index contributed by atoms with van der Waals surface area (Å²) in [5.41, 5.74) is -1.04. The summed E-state index contributed by atoms with van der Waals surface area (Å²) in [5, 5.41) is 8.14. The van der Waals surface area contributed by atoms with Gasteiger partial charge in [-0.05, 0) is 50.8 Å². The van der Waals surface area contributed by atoms with Gasteiger partial charge in [0.05, 0.1) is 17.0 Å². The lowest BCUT2D eigenvalue weighted by Gasteiger charge is -2.22. The average molecular weight is 432 g/mol. The van der Waals surface area contributed by atoms with Crippen LogP contribution in [0.5, 0.6) is 0 Å². The van der Waals surface area contributed by atoms with E-state index in [2.05, 4.69) is 10.4 Å². The minimum absolute atomic E-state index is 0.131. The molecule has 3 aromatic rings. The number of alkyl halides is 3. The third kappa shape index (κ3) is 3.62. The first-order valence-corrected chi connectivity index (χ1v) is 10.00. The van der Waals surface area contributed by atoms with E-state index in [4.69, 9.17) is 0 Å². The smallest absolute Gasteiger partial charge is 0.362 e. The van der Waals surface area contributed by atoms with Crippen LogP contribution in [-0.2, 0) is 18.8 Å². The normalized spacial score (nSPS) is 16.4. The van der Waals surface area contributed by atoms with Crippen molar-refractivity contribution in [2.24, 2.45) is 7.05 Å². The maximum atomic E-state index is 13.3. The average Bonchev–Trinajstić information content (AvgIpc) is 3.43. The number of nitrogens with one attached hydrogen (secondary N) is 1. The van der Waals surface area contributed by atoms with Crippen molar-refractivity contribution in [3.63, 3.8) is 0 Å². The summed E-state index contributed by atoms with van der Waals surface area (Å²) in [6.07, 6.45) is -1.09. The highest BCUT2D eigenvalue weighted by Crippen LogP contribution is 2.42. The number of rotatable bonds is 4. The molecule has 164 valence electrons. The number of anilines is 1. The quantitative estimate of drug-likeness (QED) is 0.674. The molecule has 1 fully saturated rings. The standard InChI is InChI=1S/C22H23F3N4O2/c1-12-14(6-5-7-17(12)22(23,24)25)13(2)26-19-16-11-29(21(3)8-9-21)18(30)10-15(16)20(31)28(4)27-19/h5-7,10-11,13H,8-9H2,1-4H3,(H,26,27). The zero-order valence-corrected chi connectivity index (χ0v) is 17.7. The second-order valence-corrected chi connectivity index (χ2v) is 8.47. The number of aromatic nitrogens is 3. The highest BCUT2D eigenvalue weighted by molar-refractivity contribution is 5.90. The molecule has 6 nitrogen and oxygen atoms in total. The third-order valence-corrected chi connectivity index (χ3v) is 6.14. The lowest BCUT2D eigenvalue weighted by Crippen LogP contribution is -2.30. The number of hydrogen-bond donors (Lipinski definition) is 1. The van der Waals surface area contributed by atoms with Gasteiger partial charge >= 0.3 is 6.18 Å². The van der Waals surface area contributed by atoms with E-state index in [1.54, 1.807) is 23.8 Å². The Morgan fingerprint density at radius 3 is 2.48 bits per heavy atom. The SMILES string of the molecule is Cc1c(C(C)Nc2nn(C)c(=O)c3cc(=O)n(C4(C)CC4)cc23)cccc1C(F)(F)F. The van der Waals surface area contributed by atoms with Gasteiger partial charge in [0, 0.05) is 30.2 Å². The van der Waals surface area contributed by atoms with Crippen molar-refractivity contribution in [2.45, 2.75) is 51.4 Å². The maximum Gasteiger partial charge on any atom is 0.416 e. The fourth-order valence-corrected chi connectivity index (χ4v) is 3.99. The molecule has 2 aromatic heterocycles. The summed E-state index contributed by atoms with van der Waals surface area (Å²) in [7, 11) is 1.47. The molecule has 1 saturated carbocycles. The number of nitrogens with zero attached hydrogens (tertiary/aromatic N) is 3. The minimum Gasteiger partial charge on any atom is -0.362 e. The molecule has 0 amide bonds. The topological polar surface area (TPSA) is 68.9 Å². The summed E-state index contributed by atoms with van der Waals surface area (Å²) in [6.45, 7) is 5.14. The number of hydrogen-bond acceptors (Lipinski definition) is 4. The van der Waals surface area contributed by atoms with Gasteiger partial charge in [-0.1, -0.05) is 12.1 Å². The number of halogens is 3. The van der Waals surface area contributed by atoms with Crippen molar-refractivity contribution in [1.29, 1.82) is 0 Å². The van der Waals surface area contributed by atoms with Crippen molar-refractivity contribution in [1.82, 2.24) is 14.3 Å². The number of pyridine rings is 1. The molecule has 31 heavy (non-hydrogen) atoms. The van der Waals surface area contributed by atoms with Crippen LogP contribution in [0.1, 0.15) is 49.4 Å². The summed E-state index contributed by atoms with van der Waals surface area (Å²) < 4.78 is 42.7. The molecule has 1 atom stereocenters. The number of fused-ring (bicyclic) bond motifs is 1. The molecule has 1 aliphatic rings. The Bertz CT molecular complexity index is 1300. The summed E-state index contributed by atoms with van der Waals surface area (Å²) in [6, 6.07) is 4.86. The van der Waals surface area contributed by atoms with Crippen LogP contribution in [0.2, 0.25) is 0 Å². The first-order valence-electron chi connectivity index (χ1n) is 10.00. The predicted molar refractivity (Wildman–Crippen MR) is 112 cm³/mol. The molecule has 1 N–H and O–H groups in total. The Morgan fingerprint density at radius 1 is 1.19 bits per heavy atom. The monoisotopic (exact) mass is 432 g/mol. The zero-order valence-electron chi connectivity index (χ0n) is 17.7. The molecule has 1 unspecified atom stereocenters. The molecule has 0 aliphatic heterocycles. The van der Waals surface area contributed by atoms with Crippen LogP contribution >= 0.6 is 0 Å². The van der Waals surface area contributed by atoms with Crippen LogP contribution in [0, 0.1) is 6.92 Å². The Kier molecular flexibility index (Phi) is 4.75. The van der Waals surface area contributed by atoms with Gasteiger partial charge in [-0.2, -0.15) is 18.3 Å². The van der Waals surface area contributed by atoms with E-state index in [0.717, 1.165) is 23.6 Å². The molecule has 0 bridgehead atoms. The number of benzene rings is 1. The molecular formula is C22H23F3N4O2. The molecule has 0 spiro atoms. The van der Waals surface area contributed by atoms with E-state index in [9.17, 15) is 22.8 Å². The van der Waals surface area contributed by atoms with Gasteiger partial charge in [0.1, 0.15) is 0 Å². The van der Waals surface area contributed by atoms with E-state index >= 15 is 0 Å².